The zero-order valence-corrected chi connectivity index (χ0v) is 19.4. The maximum Gasteiger partial charge on any atom is 0.282 e. The van der Waals surface area contributed by atoms with Crippen molar-refractivity contribution in [3.63, 3.8) is 0 Å². The van der Waals surface area contributed by atoms with Gasteiger partial charge < -0.3 is 15.0 Å². The van der Waals surface area contributed by atoms with Crippen LogP contribution in [0.1, 0.15) is 6.92 Å². The van der Waals surface area contributed by atoms with Crippen molar-refractivity contribution in [3.05, 3.63) is 72.1 Å². The predicted octanol–water partition coefficient (Wildman–Crippen LogP) is 2.46. The normalized spacial score (nSPS) is 16.4. The van der Waals surface area contributed by atoms with Gasteiger partial charge in [-0.05, 0) is 54.8 Å². The molecule has 1 atom stereocenters. The molecule has 1 aliphatic heterocycles. The Morgan fingerprint density at radius 2 is 1.66 bits per heavy atom. The van der Waals surface area contributed by atoms with Crippen molar-refractivity contribution < 1.29 is 22.8 Å². The Kier molecular flexibility index (Phi) is 6.90. The Balaban J connectivity index is 1.30. The van der Waals surface area contributed by atoms with E-state index < -0.39 is 10.0 Å². The number of nitrogens with one attached hydrogen (secondary N) is 2. The molecule has 4 rings (SSSR count). The number of piperazine rings is 1. The molecule has 32 heavy (non-hydrogen) atoms. The second kappa shape index (κ2) is 9.83. The highest BCUT2D eigenvalue weighted by Gasteiger charge is 2.34. The molecule has 9 heteroatoms. The molecular weight excluding hydrogens is 446 g/mol. The Hall–Kier alpha value is -2.72. The molecule has 0 spiro atoms. The minimum absolute atomic E-state index is 0.0914. The topological polar surface area (TPSA) is 80.2 Å². The molecule has 0 radical (unpaired) electrons. The van der Waals surface area contributed by atoms with Gasteiger partial charge in [0.1, 0.15) is 15.7 Å². The number of hydrogen-bond donors (Lipinski definition) is 2. The molecule has 2 aromatic carbocycles. The van der Waals surface area contributed by atoms with Crippen molar-refractivity contribution in [3.8, 4) is 11.5 Å². The van der Waals surface area contributed by atoms with Crippen molar-refractivity contribution in [2.24, 2.45) is 0 Å². The molecule has 0 saturated carbocycles. The van der Waals surface area contributed by atoms with Gasteiger partial charge in [-0.25, -0.2) is 8.42 Å². The lowest BCUT2D eigenvalue weighted by Crippen LogP contribution is -3.19. The van der Waals surface area contributed by atoms with E-state index in [9.17, 15) is 13.2 Å². The number of carbonyl (C=O) groups excluding carboxylic acids is 1. The van der Waals surface area contributed by atoms with Crippen LogP contribution in [0.5, 0.6) is 11.5 Å². The number of nitrogens with zero attached hydrogens (tertiary/aromatic N) is 1. The summed E-state index contributed by atoms with van der Waals surface area (Å²) >= 11 is 1.23. The van der Waals surface area contributed by atoms with Crippen molar-refractivity contribution in [2.75, 3.05) is 31.5 Å². The fraction of sp³-hybridized carbons (Fsp3) is 0.261. The highest BCUT2D eigenvalue weighted by atomic mass is 32.2. The number of benzene rings is 2. The van der Waals surface area contributed by atoms with Crippen LogP contribution in [-0.4, -0.2) is 50.9 Å². The van der Waals surface area contributed by atoms with Gasteiger partial charge in [-0.1, -0.05) is 24.3 Å². The van der Waals surface area contributed by atoms with Gasteiger partial charge in [0, 0.05) is 5.69 Å². The minimum atomic E-state index is -3.44. The zero-order chi connectivity index (χ0) is 22.6. The first-order chi connectivity index (χ1) is 15.4. The van der Waals surface area contributed by atoms with Gasteiger partial charge in [0.05, 0.1) is 26.2 Å². The second-order valence-electron chi connectivity index (χ2n) is 7.64. The number of rotatable bonds is 7. The van der Waals surface area contributed by atoms with Gasteiger partial charge in [-0.2, -0.15) is 4.31 Å². The largest absolute Gasteiger partial charge is 0.457 e. The number of sulfonamides is 1. The van der Waals surface area contributed by atoms with Crippen molar-refractivity contribution in [1.29, 1.82) is 0 Å². The maximum absolute atomic E-state index is 12.8. The number of ether oxygens (including phenoxy) is 1. The van der Waals surface area contributed by atoms with Crippen LogP contribution in [0.25, 0.3) is 0 Å². The lowest BCUT2D eigenvalue weighted by atomic mass is 10.2. The summed E-state index contributed by atoms with van der Waals surface area (Å²) < 4.78 is 33.0. The van der Waals surface area contributed by atoms with Crippen molar-refractivity contribution in [2.45, 2.75) is 17.2 Å². The minimum Gasteiger partial charge on any atom is -0.457 e. The summed E-state index contributed by atoms with van der Waals surface area (Å²) in [5, 5.41) is 4.71. The van der Waals surface area contributed by atoms with Gasteiger partial charge in [0.15, 0.2) is 6.04 Å². The second-order valence-corrected chi connectivity index (χ2v) is 10.8. The van der Waals surface area contributed by atoms with E-state index in [4.69, 9.17) is 4.74 Å². The zero-order valence-electron chi connectivity index (χ0n) is 17.7. The molecule has 1 amide bonds. The summed E-state index contributed by atoms with van der Waals surface area (Å²) in [5.74, 6) is 1.35. The third kappa shape index (κ3) is 5.18. The van der Waals surface area contributed by atoms with E-state index in [0.717, 1.165) is 10.6 Å². The number of amides is 1. The van der Waals surface area contributed by atoms with Crippen LogP contribution >= 0.6 is 11.3 Å². The molecule has 2 N–H and O–H groups in total. The predicted molar refractivity (Wildman–Crippen MR) is 125 cm³/mol. The molecule has 1 aliphatic rings. The Labute approximate surface area is 192 Å². The summed E-state index contributed by atoms with van der Waals surface area (Å²) in [6, 6.07) is 19.8. The molecule has 7 nitrogen and oxygen atoms in total. The molecular formula is C23H26N3O4S2+. The van der Waals surface area contributed by atoms with E-state index in [-0.39, 0.29) is 11.9 Å². The van der Waals surface area contributed by atoms with E-state index in [1.54, 1.807) is 17.5 Å². The number of carbonyl (C=O) groups is 1. The van der Waals surface area contributed by atoms with Crippen LogP contribution in [0.4, 0.5) is 5.69 Å². The highest BCUT2D eigenvalue weighted by Crippen LogP contribution is 2.23. The van der Waals surface area contributed by atoms with Gasteiger partial charge in [0.2, 0.25) is 0 Å². The van der Waals surface area contributed by atoms with E-state index in [0.29, 0.717) is 41.8 Å². The van der Waals surface area contributed by atoms with Crippen molar-refractivity contribution >= 4 is 33.0 Å². The Morgan fingerprint density at radius 1 is 1.00 bits per heavy atom. The third-order valence-electron chi connectivity index (χ3n) is 5.56. The van der Waals surface area contributed by atoms with Crippen LogP contribution in [0, 0.1) is 0 Å². The summed E-state index contributed by atoms with van der Waals surface area (Å²) in [6.07, 6.45) is 0. The Bertz CT molecular complexity index is 1130. The van der Waals surface area contributed by atoms with E-state index in [1.807, 2.05) is 61.5 Å². The highest BCUT2D eigenvalue weighted by molar-refractivity contribution is 7.91. The van der Waals surface area contributed by atoms with Crippen LogP contribution in [0.15, 0.2) is 76.3 Å². The standard InChI is InChI=1S/C23H25N3O4S2/c1-18(25-13-15-26(16-14-25)32(28,29)22-8-5-17-31-22)23(27)24-19-9-11-21(12-10-19)30-20-6-3-2-4-7-20/h2-12,17-18H,13-16H2,1H3,(H,24,27)/p+1/t18-/m1/s1. The number of thiophene rings is 1. The van der Waals surface area contributed by atoms with Crippen LogP contribution < -0.4 is 15.0 Å². The molecule has 1 fully saturated rings. The lowest BCUT2D eigenvalue weighted by Gasteiger charge is -2.33. The molecule has 0 unspecified atom stereocenters. The van der Waals surface area contributed by atoms with E-state index in [2.05, 4.69) is 5.32 Å². The fourth-order valence-electron chi connectivity index (χ4n) is 3.65. The van der Waals surface area contributed by atoms with Gasteiger partial charge in [-0.15, -0.1) is 11.3 Å². The average molecular weight is 473 g/mol. The SMILES string of the molecule is C[C@H](C(=O)Nc1ccc(Oc2ccccc2)cc1)[NH+]1CCN(S(=O)(=O)c2cccs2)CC1. The van der Waals surface area contributed by atoms with Crippen LogP contribution in [-0.2, 0) is 14.8 Å². The summed E-state index contributed by atoms with van der Waals surface area (Å²) in [6.45, 7) is 3.85. The number of anilines is 1. The first-order valence-corrected chi connectivity index (χ1v) is 12.8. The lowest BCUT2D eigenvalue weighted by molar-refractivity contribution is -0.917. The molecule has 1 aromatic heterocycles. The molecule has 3 aromatic rings. The summed E-state index contributed by atoms with van der Waals surface area (Å²) in [5.41, 5.74) is 0.695. The first kappa shape index (κ1) is 22.5. The number of quaternary nitrogens is 1. The van der Waals surface area contributed by atoms with Crippen molar-refractivity contribution in [1.82, 2.24) is 4.31 Å². The smallest absolute Gasteiger partial charge is 0.282 e. The maximum atomic E-state index is 12.8. The average Bonchev–Trinajstić information content (AvgIpc) is 3.37. The summed E-state index contributed by atoms with van der Waals surface area (Å²) in [7, 11) is -3.44. The van der Waals surface area contributed by atoms with E-state index >= 15 is 0 Å². The van der Waals surface area contributed by atoms with E-state index in [1.165, 1.54) is 15.6 Å². The summed E-state index contributed by atoms with van der Waals surface area (Å²) in [4.78, 5) is 13.8. The third-order valence-corrected chi connectivity index (χ3v) is 8.83. The van der Waals surface area contributed by atoms with Gasteiger partial charge in [0.25, 0.3) is 15.9 Å². The van der Waals surface area contributed by atoms with Crippen LogP contribution in [0.3, 0.4) is 0 Å². The first-order valence-electron chi connectivity index (χ1n) is 10.5. The van der Waals surface area contributed by atoms with Gasteiger partial charge >= 0.3 is 0 Å². The molecule has 1 saturated heterocycles. The van der Waals surface area contributed by atoms with Crippen LogP contribution in [0.2, 0.25) is 0 Å². The monoisotopic (exact) mass is 472 g/mol. The molecule has 0 bridgehead atoms. The van der Waals surface area contributed by atoms with Gasteiger partial charge in [-0.3, -0.25) is 4.79 Å². The number of para-hydroxylation sites is 1. The number of hydrogen-bond acceptors (Lipinski definition) is 5. The Morgan fingerprint density at radius 3 is 2.28 bits per heavy atom. The quantitative estimate of drug-likeness (QED) is 0.554. The molecule has 2 heterocycles. The molecule has 168 valence electrons. The molecule has 0 aliphatic carbocycles. The fourth-order valence-corrected chi connectivity index (χ4v) is 6.24.